The second-order valence-electron chi connectivity index (χ2n) is 3.49. The molecule has 0 bridgehead atoms. The Morgan fingerprint density at radius 1 is 1.53 bits per heavy atom. The number of benzene rings is 1. The molecule has 0 spiro atoms. The molecule has 1 aromatic heterocycles. The molecule has 2 rings (SSSR count). The van der Waals surface area contributed by atoms with Gasteiger partial charge in [0.2, 0.25) is 0 Å². The van der Waals surface area contributed by atoms with Crippen molar-refractivity contribution in [2.24, 2.45) is 0 Å². The Morgan fingerprint density at radius 3 is 3.24 bits per heavy atom. The molecule has 0 aliphatic carbocycles. The van der Waals surface area contributed by atoms with Crippen molar-refractivity contribution in [2.75, 3.05) is 12.4 Å². The van der Waals surface area contributed by atoms with Crippen molar-refractivity contribution in [2.45, 2.75) is 18.2 Å². The standard InChI is InChI=1S/C12H14N2O2S/c1-2-16-12(15)6-7-17-11-5-3-4-10-9(11)8-13-14-10/h3-5,8H,2,6-7H2,1H3,(H,13,14). The van der Waals surface area contributed by atoms with E-state index in [1.54, 1.807) is 11.8 Å². The first-order chi connectivity index (χ1) is 8.31. The quantitative estimate of drug-likeness (QED) is 0.654. The normalized spacial score (nSPS) is 10.6. The molecule has 0 amide bonds. The summed E-state index contributed by atoms with van der Waals surface area (Å²) in [6.45, 7) is 2.26. The van der Waals surface area contributed by atoms with E-state index in [1.165, 1.54) is 0 Å². The highest BCUT2D eigenvalue weighted by molar-refractivity contribution is 7.99. The topological polar surface area (TPSA) is 55.0 Å². The first kappa shape index (κ1) is 12.0. The Hall–Kier alpha value is -1.49. The third-order valence-electron chi connectivity index (χ3n) is 2.31. The minimum absolute atomic E-state index is 0.139. The number of rotatable bonds is 5. The smallest absolute Gasteiger partial charge is 0.306 e. The van der Waals surface area contributed by atoms with Crippen LogP contribution in [0.4, 0.5) is 0 Å². The van der Waals surface area contributed by atoms with Gasteiger partial charge in [-0.25, -0.2) is 0 Å². The third-order valence-corrected chi connectivity index (χ3v) is 3.39. The number of nitrogens with one attached hydrogen (secondary N) is 1. The first-order valence-electron chi connectivity index (χ1n) is 5.51. The number of fused-ring (bicyclic) bond motifs is 1. The first-order valence-corrected chi connectivity index (χ1v) is 6.50. The molecule has 0 atom stereocenters. The van der Waals surface area contributed by atoms with Crippen molar-refractivity contribution < 1.29 is 9.53 Å². The zero-order valence-corrected chi connectivity index (χ0v) is 10.4. The lowest BCUT2D eigenvalue weighted by atomic mass is 10.3. The molecule has 1 heterocycles. The van der Waals surface area contributed by atoms with E-state index in [0.29, 0.717) is 13.0 Å². The van der Waals surface area contributed by atoms with E-state index >= 15 is 0 Å². The lowest BCUT2D eigenvalue weighted by Gasteiger charge is -2.03. The van der Waals surface area contributed by atoms with Crippen molar-refractivity contribution in [1.29, 1.82) is 0 Å². The van der Waals surface area contributed by atoms with Crippen LogP contribution >= 0.6 is 11.8 Å². The molecule has 0 fully saturated rings. The maximum Gasteiger partial charge on any atom is 0.306 e. The second-order valence-corrected chi connectivity index (χ2v) is 4.63. The van der Waals surface area contributed by atoms with E-state index in [-0.39, 0.29) is 5.97 Å². The number of hydrogen-bond acceptors (Lipinski definition) is 4. The van der Waals surface area contributed by atoms with Crippen molar-refractivity contribution in [1.82, 2.24) is 10.2 Å². The predicted molar refractivity (Wildman–Crippen MR) is 68.1 cm³/mol. The van der Waals surface area contributed by atoms with E-state index in [1.807, 2.05) is 31.3 Å². The van der Waals surface area contributed by atoms with Gasteiger partial charge >= 0.3 is 5.97 Å². The van der Waals surface area contributed by atoms with Gasteiger partial charge in [-0.05, 0) is 19.1 Å². The molecule has 2 aromatic rings. The zero-order chi connectivity index (χ0) is 12.1. The van der Waals surface area contributed by atoms with Crippen LogP contribution in [0.15, 0.2) is 29.3 Å². The molecule has 90 valence electrons. The van der Waals surface area contributed by atoms with Gasteiger partial charge in [0, 0.05) is 16.0 Å². The average Bonchev–Trinajstić information content (AvgIpc) is 2.78. The van der Waals surface area contributed by atoms with Gasteiger partial charge in [0.25, 0.3) is 0 Å². The molecular weight excluding hydrogens is 236 g/mol. The van der Waals surface area contributed by atoms with Gasteiger partial charge in [-0.1, -0.05) is 6.07 Å². The van der Waals surface area contributed by atoms with Crippen LogP contribution in [-0.2, 0) is 9.53 Å². The molecule has 0 unspecified atom stereocenters. The molecule has 1 N–H and O–H groups in total. The number of esters is 1. The van der Waals surface area contributed by atoms with Gasteiger partial charge in [0.1, 0.15) is 0 Å². The van der Waals surface area contributed by atoms with Crippen LogP contribution in [0.2, 0.25) is 0 Å². The van der Waals surface area contributed by atoms with Gasteiger partial charge in [-0.2, -0.15) is 5.10 Å². The van der Waals surface area contributed by atoms with Crippen molar-refractivity contribution in [3.05, 3.63) is 24.4 Å². The summed E-state index contributed by atoms with van der Waals surface area (Å²) < 4.78 is 4.88. The van der Waals surface area contributed by atoms with Crippen molar-refractivity contribution in [3.8, 4) is 0 Å². The molecular formula is C12H14N2O2S. The average molecular weight is 250 g/mol. The Morgan fingerprint density at radius 2 is 2.41 bits per heavy atom. The largest absolute Gasteiger partial charge is 0.466 e. The van der Waals surface area contributed by atoms with E-state index in [0.717, 1.165) is 21.6 Å². The number of thioether (sulfide) groups is 1. The van der Waals surface area contributed by atoms with E-state index < -0.39 is 0 Å². The highest BCUT2D eigenvalue weighted by Crippen LogP contribution is 2.26. The Bertz CT molecular complexity index is 510. The van der Waals surface area contributed by atoms with E-state index in [9.17, 15) is 4.79 Å². The van der Waals surface area contributed by atoms with Crippen LogP contribution in [0.3, 0.4) is 0 Å². The number of aromatic nitrogens is 2. The summed E-state index contributed by atoms with van der Waals surface area (Å²) >= 11 is 1.65. The van der Waals surface area contributed by atoms with Crippen LogP contribution in [0, 0.1) is 0 Å². The zero-order valence-electron chi connectivity index (χ0n) is 9.60. The summed E-state index contributed by atoms with van der Waals surface area (Å²) in [5, 5.41) is 8.03. The fourth-order valence-electron chi connectivity index (χ4n) is 1.54. The minimum Gasteiger partial charge on any atom is -0.466 e. The number of H-pyrrole nitrogens is 1. The van der Waals surface area contributed by atoms with Gasteiger partial charge in [0.05, 0.1) is 24.7 Å². The maximum absolute atomic E-state index is 11.2. The highest BCUT2D eigenvalue weighted by Gasteiger charge is 2.05. The fourth-order valence-corrected chi connectivity index (χ4v) is 2.53. The molecule has 0 aliphatic rings. The fraction of sp³-hybridized carbons (Fsp3) is 0.333. The number of nitrogens with zero attached hydrogens (tertiary/aromatic N) is 1. The summed E-state index contributed by atoms with van der Waals surface area (Å²) in [6, 6.07) is 6.00. The second kappa shape index (κ2) is 5.72. The van der Waals surface area contributed by atoms with Gasteiger partial charge in [0.15, 0.2) is 0 Å². The maximum atomic E-state index is 11.2. The number of hydrogen-bond donors (Lipinski definition) is 1. The molecule has 0 radical (unpaired) electrons. The van der Waals surface area contributed by atoms with Crippen molar-refractivity contribution in [3.63, 3.8) is 0 Å². The van der Waals surface area contributed by atoms with Crippen LogP contribution in [-0.4, -0.2) is 28.5 Å². The van der Waals surface area contributed by atoms with Crippen LogP contribution < -0.4 is 0 Å². The Kier molecular flexibility index (Phi) is 4.03. The lowest BCUT2D eigenvalue weighted by Crippen LogP contribution is -2.04. The van der Waals surface area contributed by atoms with Gasteiger partial charge in [-0.3, -0.25) is 9.89 Å². The molecule has 5 heteroatoms. The predicted octanol–water partition coefficient (Wildman–Crippen LogP) is 2.61. The number of carbonyl (C=O) groups excluding carboxylic acids is 1. The highest BCUT2D eigenvalue weighted by atomic mass is 32.2. The molecule has 1 aromatic carbocycles. The molecule has 0 saturated heterocycles. The van der Waals surface area contributed by atoms with Crippen LogP contribution in [0.1, 0.15) is 13.3 Å². The van der Waals surface area contributed by atoms with Gasteiger partial charge in [-0.15, -0.1) is 11.8 Å². The summed E-state index contributed by atoms with van der Waals surface area (Å²) in [7, 11) is 0. The monoisotopic (exact) mass is 250 g/mol. The molecule has 0 saturated carbocycles. The van der Waals surface area contributed by atoms with Crippen molar-refractivity contribution >= 4 is 28.6 Å². The van der Waals surface area contributed by atoms with Gasteiger partial charge < -0.3 is 4.74 Å². The molecule has 17 heavy (non-hydrogen) atoms. The summed E-state index contributed by atoms with van der Waals surface area (Å²) in [6.07, 6.45) is 2.24. The Balaban J connectivity index is 1.95. The summed E-state index contributed by atoms with van der Waals surface area (Å²) in [4.78, 5) is 12.3. The van der Waals surface area contributed by atoms with Crippen LogP contribution in [0.25, 0.3) is 10.9 Å². The SMILES string of the molecule is CCOC(=O)CCSc1cccc2[nH]ncc12. The number of ether oxygens (including phenoxy) is 1. The van der Waals surface area contributed by atoms with E-state index in [2.05, 4.69) is 10.2 Å². The lowest BCUT2D eigenvalue weighted by molar-refractivity contribution is -0.142. The summed E-state index contributed by atoms with van der Waals surface area (Å²) in [5.74, 6) is 0.586. The minimum atomic E-state index is -0.139. The number of aromatic amines is 1. The third kappa shape index (κ3) is 3.00. The van der Waals surface area contributed by atoms with Crippen LogP contribution in [0.5, 0.6) is 0 Å². The molecule has 4 nitrogen and oxygen atoms in total. The molecule has 0 aliphatic heterocycles. The van der Waals surface area contributed by atoms with E-state index in [4.69, 9.17) is 4.74 Å². The number of carbonyl (C=O) groups is 1. The summed E-state index contributed by atoms with van der Waals surface area (Å²) in [5.41, 5.74) is 1.02. The Labute approximate surface area is 104 Å².